The van der Waals surface area contributed by atoms with Crippen LogP contribution in [0.5, 0.6) is 5.75 Å². The molecule has 3 rings (SSSR count). The van der Waals surface area contributed by atoms with Gasteiger partial charge in [0.15, 0.2) is 0 Å². The Balaban J connectivity index is 1.95. The Kier molecular flexibility index (Phi) is 7.70. The molecule has 0 spiro atoms. The number of nitro benzene ring substituents is 1. The van der Waals surface area contributed by atoms with E-state index < -0.39 is 22.8 Å². The SMILES string of the molecule is COC(=O)C1=C(C)NC(C)=C(C(=O)OCC=C(C)c2ccc(O)cc2)C1c1cccc([N+](=O)[O-])c1. The molecule has 2 N–H and O–H groups in total. The van der Waals surface area contributed by atoms with Crippen LogP contribution in [0.3, 0.4) is 0 Å². The smallest absolute Gasteiger partial charge is 0.337 e. The monoisotopic (exact) mass is 478 g/mol. The zero-order valence-electron chi connectivity index (χ0n) is 19.8. The zero-order valence-corrected chi connectivity index (χ0v) is 19.8. The number of rotatable bonds is 7. The van der Waals surface area contributed by atoms with E-state index in [1.807, 2.05) is 6.92 Å². The van der Waals surface area contributed by atoms with Crippen molar-refractivity contribution in [2.75, 3.05) is 13.7 Å². The van der Waals surface area contributed by atoms with Gasteiger partial charge in [-0.1, -0.05) is 24.3 Å². The Hall–Kier alpha value is -4.40. The van der Waals surface area contributed by atoms with E-state index in [4.69, 9.17) is 9.47 Å². The Bertz CT molecular complexity index is 1260. The molecule has 1 aliphatic rings. The molecule has 1 atom stereocenters. The average molecular weight is 479 g/mol. The summed E-state index contributed by atoms with van der Waals surface area (Å²) in [7, 11) is 1.23. The van der Waals surface area contributed by atoms with Crippen molar-refractivity contribution in [1.82, 2.24) is 5.32 Å². The first kappa shape index (κ1) is 25.2. The molecule has 1 heterocycles. The predicted octanol–water partition coefficient (Wildman–Crippen LogP) is 4.35. The molecule has 35 heavy (non-hydrogen) atoms. The van der Waals surface area contributed by atoms with Gasteiger partial charge >= 0.3 is 11.9 Å². The third kappa shape index (κ3) is 5.57. The molecule has 0 saturated heterocycles. The van der Waals surface area contributed by atoms with E-state index >= 15 is 0 Å². The van der Waals surface area contributed by atoms with Gasteiger partial charge in [0.05, 0.1) is 29.1 Å². The third-order valence-electron chi connectivity index (χ3n) is 5.73. The van der Waals surface area contributed by atoms with E-state index in [0.717, 1.165) is 11.1 Å². The Labute approximate surface area is 202 Å². The highest BCUT2D eigenvalue weighted by atomic mass is 16.6. The third-order valence-corrected chi connectivity index (χ3v) is 5.73. The van der Waals surface area contributed by atoms with Crippen LogP contribution in [-0.4, -0.2) is 35.7 Å². The van der Waals surface area contributed by atoms with Crippen LogP contribution in [0.2, 0.25) is 0 Å². The van der Waals surface area contributed by atoms with Gasteiger partial charge in [-0.15, -0.1) is 0 Å². The first-order valence-electron chi connectivity index (χ1n) is 10.8. The highest BCUT2D eigenvalue weighted by Crippen LogP contribution is 2.40. The number of nitro groups is 1. The lowest BCUT2D eigenvalue weighted by Gasteiger charge is -2.30. The quantitative estimate of drug-likeness (QED) is 0.341. The van der Waals surface area contributed by atoms with Gasteiger partial charge in [0.2, 0.25) is 0 Å². The maximum absolute atomic E-state index is 13.2. The number of nitrogens with one attached hydrogen (secondary N) is 1. The molecule has 1 aliphatic heterocycles. The normalized spacial score (nSPS) is 16.0. The molecule has 2 aromatic rings. The minimum Gasteiger partial charge on any atom is -0.508 e. The number of carbonyl (C=O) groups excluding carboxylic acids is 2. The van der Waals surface area contributed by atoms with Crippen molar-refractivity contribution in [3.8, 4) is 5.75 Å². The van der Waals surface area contributed by atoms with Crippen molar-refractivity contribution < 1.29 is 29.1 Å². The average Bonchev–Trinajstić information content (AvgIpc) is 2.83. The number of phenolic OH excluding ortho intramolecular Hbond substituents is 1. The van der Waals surface area contributed by atoms with Gasteiger partial charge in [-0.3, -0.25) is 10.1 Å². The van der Waals surface area contributed by atoms with Gasteiger partial charge in [0.25, 0.3) is 5.69 Å². The van der Waals surface area contributed by atoms with Crippen LogP contribution in [-0.2, 0) is 19.1 Å². The van der Waals surface area contributed by atoms with Crippen LogP contribution in [0, 0.1) is 10.1 Å². The van der Waals surface area contributed by atoms with Crippen molar-refractivity contribution in [2.24, 2.45) is 0 Å². The van der Waals surface area contributed by atoms with Gasteiger partial charge in [-0.25, -0.2) is 9.59 Å². The van der Waals surface area contributed by atoms with Crippen LogP contribution in [0.25, 0.3) is 5.57 Å². The van der Waals surface area contributed by atoms with Crippen molar-refractivity contribution in [2.45, 2.75) is 26.7 Å². The Morgan fingerprint density at radius 1 is 1.09 bits per heavy atom. The lowest BCUT2D eigenvalue weighted by atomic mass is 9.80. The summed E-state index contributed by atoms with van der Waals surface area (Å²) in [6.45, 7) is 5.16. The number of carbonyl (C=O) groups is 2. The maximum Gasteiger partial charge on any atom is 0.337 e. The fourth-order valence-corrected chi connectivity index (χ4v) is 3.96. The minimum atomic E-state index is -0.918. The number of hydrogen-bond acceptors (Lipinski definition) is 8. The van der Waals surface area contributed by atoms with E-state index in [0.29, 0.717) is 17.0 Å². The number of esters is 2. The van der Waals surface area contributed by atoms with Crippen LogP contribution in [0.1, 0.15) is 37.8 Å². The van der Waals surface area contributed by atoms with E-state index in [1.54, 1.807) is 50.3 Å². The molecule has 0 radical (unpaired) electrons. The van der Waals surface area contributed by atoms with E-state index in [9.17, 15) is 24.8 Å². The maximum atomic E-state index is 13.2. The van der Waals surface area contributed by atoms with Gasteiger partial charge in [-0.05, 0) is 55.7 Å². The lowest BCUT2D eigenvalue weighted by molar-refractivity contribution is -0.384. The molecule has 9 heteroatoms. The standard InChI is InChI=1S/C26H26N2O7/c1-15(18-8-10-21(29)11-9-18)12-13-35-26(31)23-17(3)27-16(2)22(25(30)34-4)24(23)19-6-5-7-20(14-19)28(32)33/h5-12,14,24,27,29H,13H2,1-4H3. The van der Waals surface area contributed by atoms with Crippen LogP contribution < -0.4 is 5.32 Å². The van der Waals surface area contributed by atoms with Crippen molar-refractivity contribution >= 4 is 23.2 Å². The second kappa shape index (κ2) is 10.7. The van der Waals surface area contributed by atoms with E-state index in [-0.39, 0.29) is 29.2 Å². The number of phenols is 1. The van der Waals surface area contributed by atoms with Crippen molar-refractivity contribution in [1.29, 1.82) is 0 Å². The zero-order chi connectivity index (χ0) is 25.7. The summed E-state index contributed by atoms with van der Waals surface area (Å²) in [5, 5.41) is 23.8. The summed E-state index contributed by atoms with van der Waals surface area (Å²) in [5.74, 6) is -2.10. The number of ether oxygens (including phenoxy) is 2. The lowest BCUT2D eigenvalue weighted by Crippen LogP contribution is -2.32. The molecule has 0 aromatic heterocycles. The predicted molar refractivity (Wildman–Crippen MR) is 129 cm³/mol. The Morgan fingerprint density at radius 3 is 2.31 bits per heavy atom. The molecular formula is C26H26N2O7. The second-order valence-corrected chi connectivity index (χ2v) is 8.01. The van der Waals surface area contributed by atoms with Crippen LogP contribution in [0.15, 0.2) is 77.1 Å². The number of aromatic hydroxyl groups is 1. The summed E-state index contributed by atoms with van der Waals surface area (Å²) >= 11 is 0. The largest absolute Gasteiger partial charge is 0.508 e. The number of allylic oxidation sites excluding steroid dienone is 3. The number of dihydropyridines is 1. The van der Waals surface area contributed by atoms with Crippen LogP contribution in [0.4, 0.5) is 5.69 Å². The molecule has 2 aromatic carbocycles. The number of hydrogen-bond donors (Lipinski definition) is 2. The molecule has 9 nitrogen and oxygen atoms in total. The number of nitrogens with zero attached hydrogens (tertiary/aromatic N) is 1. The fourth-order valence-electron chi connectivity index (χ4n) is 3.96. The molecule has 0 fully saturated rings. The van der Waals surface area contributed by atoms with Gasteiger partial charge in [0.1, 0.15) is 12.4 Å². The van der Waals surface area contributed by atoms with Gasteiger partial charge < -0.3 is 19.9 Å². The number of benzene rings is 2. The fraction of sp³-hybridized carbons (Fsp3) is 0.231. The minimum absolute atomic E-state index is 0.0414. The summed E-state index contributed by atoms with van der Waals surface area (Å²) in [6, 6.07) is 12.4. The second-order valence-electron chi connectivity index (χ2n) is 8.01. The van der Waals surface area contributed by atoms with Crippen molar-refractivity contribution in [3.63, 3.8) is 0 Å². The highest BCUT2D eigenvalue weighted by molar-refractivity contribution is 6.00. The topological polar surface area (TPSA) is 128 Å². The molecular weight excluding hydrogens is 452 g/mol. The highest BCUT2D eigenvalue weighted by Gasteiger charge is 2.38. The number of non-ortho nitro benzene ring substituents is 1. The molecule has 0 aliphatic carbocycles. The van der Waals surface area contributed by atoms with E-state index in [2.05, 4.69) is 5.32 Å². The molecule has 182 valence electrons. The van der Waals surface area contributed by atoms with Crippen LogP contribution >= 0.6 is 0 Å². The molecule has 0 saturated carbocycles. The van der Waals surface area contributed by atoms with Gasteiger partial charge in [0, 0.05) is 23.5 Å². The molecule has 1 unspecified atom stereocenters. The Morgan fingerprint density at radius 2 is 1.71 bits per heavy atom. The molecule has 0 bridgehead atoms. The van der Waals surface area contributed by atoms with E-state index in [1.165, 1.54) is 25.3 Å². The summed E-state index contributed by atoms with van der Waals surface area (Å²) < 4.78 is 10.5. The summed E-state index contributed by atoms with van der Waals surface area (Å²) in [5.41, 5.74) is 3.19. The first-order valence-corrected chi connectivity index (χ1v) is 10.8. The summed E-state index contributed by atoms with van der Waals surface area (Å²) in [4.78, 5) is 36.7. The van der Waals surface area contributed by atoms with Gasteiger partial charge in [-0.2, -0.15) is 0 Å². The summed E-state index contributed by atoms with van der Waals surface area (Å²) in [6.07, 6.45) is 1.72. The molecule has 0 amide bonds. The number of methoxy groups -OCH3 is 1. The first-order chi connectivity index (χ1) is 16.6. The van der Waals surface area contributed by atoms with Crippen molar-refractivity contribution in [3.05, 3.63) is 98.4 Å².